The van der Waals surface area contributed by atoms with Gasteiger partial charge in [-0.05, 0) is 42.2 Å². The second kappa shape index (κ2) is 10.8. The number of para-hydroxylation sites is 1. The summed E-state index contributed by atoms with van der Waals surface area (Å²) >= 11 is 6.15. The van der Waals surface area contributed by atoms with E-state index < -0.39 is 10.0 Å². The first-order chi connectivity index (χ1) is 18.6. The highest BCUT2D eigenvalue weighted by Crippen LogP contribution is 2.45. The average molecular weight is 573 g/mol. The first-order valence-electron chi connectivity index (χ1n) is 12.9. The molecule has 208 valence electrons. The van der Waals surface area contributed by atoms with Crippen molar-refractivity contribution in [3.05, 3.63) is 75.2 Å². The number of nitrogens with two attached hydrogens (primary N) is 2. The van der Waals surface area contributed by atoms with E-state index in [9.17, 15) is 13.2 Å². The van der Waals surface area contributed by atoms with Crippen molar-refractivity contribution in [1.82, 2.24) is 14.1 Å². The Morgan fingerprint density at radius 1 is 1.08 bits per heavy atom. The third-order valence-electron chi connectivity index (χ3n) is 7.45. The molecule has 2 aliphatic rings. The van der Waals surface area contributed by atoms with Crippen LogP contribution in [0.2, 0.25) is 5.02 Å². The van der Waals surface area contributed by atoms with Gasteiger partial charge in [-0.3, -0.25) is 4.79 Å². The monoisotopic (exact) mass is 572 g/mol. The summed E-state index contributed by atoms with van der Waals surface area (Å²) in [6.07, 6.45) is 3.70. The standard InChI is InChI=1S/C27H33ClN6O4S/c1-27(8-9-27)18-38-25-23(16-31-34(26(25)35)22-7-3-6-21(28)14-22)32-10-12-33(13-11-32)39(36,37)17-20-5-2-4-19(15-29)24(20)30/h2-7,14,16H,8-13,15,17-18,29-30H2,1H3. The zero-order chi connectivity index (χ0) is 27.8. The van der Waals surface area contributed by atoms with Crippen molar-refractivity contribution in [2.24, 2.45) is 11.1 Å². The van der Waals surface area contributed by atoms with Gasteiger partial charge in [-0.2, -0.15) is 14.1 Å². The van der Waals surface area contributed by atoms with Crippen LogP contribution < -0.4 is 26.7 Å². The maximum atomic E-state index is 13.6. The number of ether oxygens (including phenoxy) is 1. The highest BCUT2D eigenvalue weighted by atomic mass is 35.5. The van der Waals surface area contributed by atoms with E-state index in [1.807, 2.05) is 4.90 Å². The number of halogens is 1. The van der Waals surface area contributed by atoms with Crippen molar-refractivity contribution in [3.63, 3.8) is 0 Å². The van der Waals surface area contributed by atoms with Crippen LogP contribution in [0.4, 0.5) is 11.4 Å². The molecule has 1 saturated carbocycles. The van der Waals surface area contributed by atoms with Crippen LogP contribution in [0, 0.1) is 5.41 Å². The molecular weight excluding hydrogens is 540 g/mol. The van der Waals surface area contributed by atoms with Crippen LogP contribution >= 0.6 is 11.6 Å². The summed E-state index contributed by atoms with van der Waals surface area (Å²) in [4.78, 5) is 15.5. The van der Waals surface area contributed by atoms with Crippen molar-refractivity contribution >= 4 is 33.0 Å². The first-order valence-corrected chi connectivity index (χ1v) is 14.9. The van der Waals surface area contributed by atoms with E-state index in [-0.39, 0.29) is 42.1 Å². The Balaban J connectivity index is 1.36. The molecule has 0 bridgehead atoms. The van der Waals surface area contributed by atoms with Crippen molar-refractivity contribution in [2.75, 3.05) is 43.4 Å². The summed E-state index contributed by atoms with van der Waals surface area (Å²) in [6.45, 7) is 4.07. The molecule has 0 unspecified atom stereocenters. The Morgan fingerprint density at radius 2 is 1.77 bits per heavy atom. The molecule has 1 aliphatic heterocycles. The summed E-state index contributed by atoms with van der Waals surface area (Å²) in [5, 5.41) is 4.90. The molecule has 0 atom stereocenters. The number of aromatic nitrogens is 2. The second-order valence-electron chi connectivity index (χ2n) is 10.5. The van der Waals surface area contributed by atoms with Gasteiger partial charge in [0.1, 0.15) is 5.69 Å². The molecule has 0 spiro atoms. The number of piperazine rings is 1. The highest BCUT2D eigenvalue weighted by Gasteiger charge is 2.39. The minimum absolute atomic E-state index is 0.0592. The van der Waals surface area contributed by atoms with Crippen molar-refractivity contribution in [1.29, 1.82) is 0 Å². The lowest BCUT2D eigenvalue weighted by molar-refractivity contribution is 0.242. The Morgan fingerprint density at radius 3 is 2.44 bits per heavy atom. The van der Waals surface area contributed by atoms with Gasteiger partial charge >= 0.3 is 5.56 Å². The lowest BCUT2D eigenvalue weighted by Crippen LogP contribution is -2.49. The van der Waals surface area contributed by atoms with E-state index in [2.05, 4.69) is 12.0 Å². The maximum Gasteiger partial charge on any atom is 0.316 e. The number of rotatable bonds is 9. The summed E-state index contributed by atoms with van der Waals surface area (Å²) in [5.41, 5.74) is 14.3. The second-order valence-corrected chi connectivity index (χ2v) is 12.9. The highest BCUT2D eigenvalue weighted by molar-refractivity contribution is 7.88. The van der Waals surface area contributed by atoms with Gasteiger partial charge in [0, 0.05) is 48.8 Å². The third-order valence-corrected chi connectivity index (χ3v) is 9.52. The quantitative estimate of drug-likeness (QED) is 0.373. The van der Waals surface area contributed by atoms with Crippen LogP contribution in [0.3, 0.4) is 0 Å². The minimum Gasteiger partial charge on any atom is -0.486 e. The molecule has 2 heterocycles. The molecule has 2 aromatic carbocycles. The summed E-state index contributed by atoms with van der Waals surface area (Å²) < 4.78 is 35.4. The lowest BCUT2D eigenvalue weighted by Gasteiger charge is -2.36. The predicted octanol–water partition coefficient (Wildman–Crippen LogP) is 2.76. The zero-order valence-electron chi connectivity index (χ0n) is 21.8. The van der Waals surface area contributed by atoms with Crippen LogP contribution in [0.5, 0.6) is 5.75 Å². The van der Waals surface area contributed by atoms with Gasteiger partial charge in [0.05, 0.1) is 24.2 Å². The average Bonchev–Trinajstić information content (AvgIpc) is 3.66. The maximum absolute atomic E-state index is 13.6. The fourth-order valence-electron chi connectivity index (χ4n) is 4.65. The largest absolute Gasteiger partial charge is 0.486 e. The number of nitrogens with zero attached hydrogens (tertiary/aromatic N) is 4. The van der Waals surface area contributed by atoms with E-state index in [0.717, 1.165) is 18.4 Å². The third kappa shape index (κ3) is 5.91. The number of anilines is 2. The van der Waals surface area contributed by atoms with E-state index in [1.54, 1.807) is 48.7 Å². The van der Waals surface area contributed by atoms with Crippen LogP contribution in [0.1, 0.15) is 30.9 Å². The van der Waals surface area contributed by atoms with Gasteiger partial charge in [-0.1, -0.05) is 42.8 Å². The molecule has 2 fully saturated rings. The van der Waals surface area contributed by atoms with Crippen molar-refractivity contribution < 1.29 is 13.2 Å². The van der Waals surface area contributed by atoms with E-state index in [1.165, 1.54) is 8.99 Å². The topological polar surface area (TPSA) is 137 Å². The van der Waals surface area contributed by atoms with Crippen LogP contribution in [0.25, 0.3) is 5.69 Å². The van der Waals surface area contributed by atoms with E-state index >= 15 is 0 Å². The number of hydrogen-bond acceptors (Lipinski definition) is 8. The number of sulfonamides is 1. The van der Waals surface area contributed by atoms with Crippen LogP contribution in [-0.2, 0) is 22.3 Å². The van der Waals surface area contributed by atoms with E-state index in [0.29, 0.717) is 47.3 Å². The molecule has 4 N–H and O–H groups in total. The Hall–Kier alpha value is -3.12. The van der Waals surface area contributed by atoms with Crippen LogP contribution in [0.15, 0.2) is 53.5 Å². The SMILES string of the molecule is CC1(COc2c(N3CCN(S(=O)(=O)Cc4cccc(CN)c4N)CC3)cnn(-c3cccc(Cl)c3)c2=O)CC1. The fourth-order valence-corrected chi connectivity index (χ4v) is 6.38. The molecule has 10 nitrogen and oxygen atoms in total. The van der Waals surface area contributed by atoms with Gasteiger partial charge in [0.15, 0.2) is 0 Å². The minimum atomic E-state index is -3.62. The lowest BCUT2D eigenvalue weighted by atomic mass is 10.1. The zero-order valence-corrected chi connectivity index (χ0v) is 23.4. The van der Waals surface area contributed by atoms with Crippen molar-refractivity contribution in [2.45, 2.75) is 32.1 Å². The number of benzene rings is 2. The molecule has 5 rings (SSSR count). The number of nitrogen functional groups attached to an aromatic ring is 1. The normalized spacial score (nSPS) is 17.3. The summed E-state index contributed by atoms with van der Waals surface area (Å²) in [5.74, 6) is 0.0115. The van der Waals surface area contributed by atoms with Gasteiger partial charge < -0.3 is 21.1 Å². The van der Waals surface area contributed by atoms with Gasteiger partial charge in [0.25, 0.3) is 0 Å². The molecule has 0 amide bonds. The molecule has 1 aliphatic carbocycles. The molecule has 1 saturated heterocycles. The molecule has 1 aromatic heterocycles. The fraction of sp³-hybridized carbons (Fsp3) is 0.407. The molecule has 12 heteroatoms. The van der Waals surface area contributed by atoms with Crippen molar-refractivity contribution in [3.8, 4) is 11.4 Å². The molecule has 0 radical (unpaired) electrons. The molecule has 3 aromatic rings. The molecular formula is C27H33ClN6O4S. The summed E-state index contributed by atoms with van der Waals surface area (Å²) in [7, 11) is -3.62. The Labute approximate surface area is 233 Å². The molecule has 39 heavy (non-hydrogen) atoms. The smallest absolute Gasteiger partial charge is 0.316 e. The van der Waals surface area contributed by atoms with E-state index in [4.69, 9.17) is 27.8 Å². The van der Waals surface area contributed by atoms with Gasteiger partial charge in [-0.25, -0.2) is 8.42 Å². The Bertz CT molecular complexity index is 1530. The number of hydrogen-bond donors (Lipinski definition) is 2. The van der Waals surface area contributed by atoms with Gasteiger partial charge in [-0.15, -0.1) is 0 Å². The first kappa shape index (κ1) is 27.4. The van der Waals surface area contributed by atoms with Crippen LogP contribution in [-0.4, -0.2) is 55.3 Å². The van der Waals surface area contributed by atoms with Gasteiger partial charge in [0.2, 0.25) is 15.8 Å². The Kier molecular flexibility index (Phi) is 7.60. The summed E-state index contributed by atoms with van der Waals surface area (Å²) in [6, 6.07) is 12.2. The predicted molar refractivity (Wildman–Crippen MR) is 153 cm³/mol.